The number of carbonyl (C=O) groups is 1. The number of ketones is 1. The standard InChI is InChI=1S/C14H23IO2/c1-9(16)10-4-6-13(2)8-12(15)14(3,17)7-5-11(10)13/h10-12,17H,4-8H2,1-3H3/t10-,11-,12-,13+,14-/m0/s1. The quantitative estimate of drug-likeness (QED) is 0.582. The molecule has 2 nitrogen and oxygen atoms in total. The van der Waals surface area contributed by atoms with E-state index in [2.05, 4.69) is 29.5 Å². The van der Waals surface area contributed by atoms with Crippen molar-refractivity contribution in [3.05, 3.63) is 0 Å². The van der Waals surface area contributed by atoms with Gasteiger partial charge in [0, 0.05) is 9.84 Å². The lowest BCUT2D eigenvalue weighted by Crippen LogP contribution is -2.35. The van der Waals surface area contributed by atoms with Crippen LogP contribution in [0.15, 0.2) is 0 Å². The fourth-order valence-corrected chi connectivity index (χ4v) is 5.20. The molecule has 0 saturated heterocycles. The third kappa shape index (κ3) is 2.42. The highest BCUT2D eigenvalue weighted by atomic mass is 127. The zero-order valence-corrected chi connectivity index (χ0v) is 13.2. The molecule has 2 saturated carbocycles. The molecular weight excluding hydrogens is 327 g/mol. The van der Waals surface area contributed by atoms with Gasteiger partial charge in [-0.2, -0.15) is 0 Å². The maximum atomic E-state index is 11.7. The van der Waals surface area contributed by atoms with Crippen LogP contribution in [0.3, 0.4) is 0 Å². The lowest BCUT2D eigenvalue weighted by Gasteiger charge is -2.33. The molecule has 1 N–H and O–H groups in total. The van der Waals surface area contributed by atoms with Gasteiger partial charge in [0.1, 0.15) is 5.78 Å². The summed E-state index contributed by atoms with van der Waals surface area (Å²) >= 11 is 2.40. The molecule has 0 bridgehead atoms. The third-order valence-electron chi connectivity index (χ3n) is 5.21. The average Bonchev–Trinajstić information content (AvgIpc) is 2.48. The second-order valence-corrected chi connectivity index (χ2v) is 8.09. The highest BCUT2D eigenvalue weighted by Gasteiger charge is 2.51. The van der Waals surface area contributed by atoms with E-state index in [1.54, 1.807) is 6.92 Å². The SMILES string of the molecule is CC(=O)[C@@H]1CC[C@]2(C)C[C@H](I)[C@@](C)(O)CC[C@@H]12. The van der Waals surface area contributed by atoms with Crippen LogP contribution in [0, 0.1) is 17.3 Å². The summed E-state index contributed by atoms with van der Waals surface area (Å²) in [5.74, 6) is 1.09. The summed E-state index contributed by atoms with van der Waals surface area (Å²) in [5.41, 5.74) is -0.294. The molecule has 5 atom stereocenters. The van der Waals surface area contributed by atoms with Gasteiger partial charge in [-0.15, -0.1) is 0 Å². The molecule has 0 spiro atoms. The van der Waals surface area contributed by atoms with Gasteiger partial charge in [0.15, 0.2) is 0 Å². The van der Waals surface area contributed by atoms with Gasteiger partial charge in [0.25, 0.3) is 0 Å². The minimum atomic E-state index is -0.560. The molecule has 98 valence electrons. The number of Topliss-reactive ketones (excluding diaryl/α,β-unsaturated/α-hetero) is 1. The Bertz CT molecular complexity index is 326. The van der Waals surface area contributed by atoms with Crippen molar-refractivity contribution in [2.75, 3.05) is 0 Å². The van der Waals surface area contributed by atoms with Crippen molar-refractivity contribution >= 4 is 28.4 Å². The van der Waals surface area contributed by atoms with Crippen molar-refractivity contribution in [1.82, 2.24) is 0 Å². The van der Waals surface area contributed by atoms with Gasteiger partial charge in [0.2, 0.25) is 0 Å². The minimum Gasteiger partial charge on any atom is -0.389 e. The fourth-order valence-electron chi connectivity index (χ4n) is 3.88. The molecule has 3 heteroatoms. The van der Waals surface area contributed by atoms with Crippen molar-refractivity contribution < 1.29 is 9.90 Å². The molecule has 0 amide bonds. The first-order valence-corrected chi connectivity index (χ1v) is 7.88. The van der Waals surface area contributed by atoms with Crippen LogP contribution in [0.2, 0.25) is 0 Å². The summed E-state index contributed by atoms with van der Waals surface area (Å²) < 4.78 is 0.306. The maximum absolute atomic E-state index is 11.7. The number of fused-ring (bicyclic) bond motifs is 1. The first-order valence-electron chi connectivity index (χ1n) is 6.63. The molecule has 0 aromatic carbocycles. The normalized spacial score (nSPS) is 50.8. The van der Waals surface area contributed by atoms with E-state index in [0.29, 0.717) is 15.6 Å². The molecule has 0 aromatic rings. The zero-order chi connectivity index (χ0) is 12.8. The molecule has 2 rings (SSSR count). The highest BCUT2D eigenvalue weighted by Crippen LogP contribution is 2.56. The van der Waals surface area contributed by atoms with Crippen molar-refractivity contribution in [2.45, 2.75) is 62.4 Å². The van der Waals surface area contributed by atoms with Crippen molar-refractivity contribution in [1.29, 1.82) is 0 Å². The van der Waals surface area contributed by atoms with Crippen LogP contribution in [0.5, 0.6) is 0 Å². The second-order valence-electron chi connectivity index (χ2n) is 6.58. The van der Waals surface area contributed by atoms with E-state index in [0.717, 1.165) is 32.1 Å². The van der Waals surface area contributed by atoms with Crippen LogP contribution in [0.25, 0.3) is 0 Å². The molecular formula is C14H23IO2. The van der Waals surface area contributed by atoms with Gasteiger partial charge < -0.3 is 5.11 Å². The summed E-state index contributed by atoms with van der Waals surface area (Å²) in [6.07, 6.45) is 5.10. The smallest absolute Gasteiger partial charge is 0.133 e. The highest BCUT2D eigenvalue weighted by molar-refractivity contribution is 14.1. The number of rotatable bonds is 1. The molecule has 0 unspecified atom stereocenters. The summed E-state index contributed by atoms with van der Waals surface area (Å²) in [6.45, 7) is 6.02. The largest absolute Gasteiger partial charge is 0.389 e. The molecule has 0 aliphatic heterocycles. The summed E-state index contributed by atoms with van der Waals surface area (Å²) in [5, 5.41) is 10.4. The van der Waals surface area contributed by atoms with Crippen LogP contribution >= 0.6 is 22.6 Å². The molecule has 0 radical (unpaired) electrons. The van der Waals surface area contributed by atoms with Gasteiger partial charge in [0.05, 0.1) is 5.60 Å². The van der Waals surface area contributed by atoms with Gasteiger partial charge in [-0.25, -0.2) is 0 Å². The first kappa shape index (κ1) is 13.8. The Labute approximate surface area is 118 Å². The van der Waals surface area contributed by atoms with Gasteiger partial charge in [-0.3, -0.25) is 4.79 Å². The third-order valence-corrected chi connectivity index (χ3v) is 6.99. The van der Waals surface area contributed by atoms with Gasteiger partial charge in [-0.05, 0) is 57.3 Å². The van der Waals surface area contributed by atoms with E-state index in [1.165, 1.54) is 0 Å². The van der Waals surface area contributed by atoms with E-state index in [-0.39, 0.29) is 11.3 Å². The minimum absolute atomic E-state index is 0.248. The zero-order valence-electron chi connectivity index (χ0n) is 11.0. The topological polar surface area (TPSA) is 37.3 Å². The number of halogens is 1. The molecule has 0 aromatic heterocycles. The van der Waals surface area contributed by atoms with E-state index < -0.39 is 5.60 Å². The lowest BCUT2D eigenvalue weighted by molar-refractivity contribution is -0.122. The Hall–Kier alpha value is 0.360. The Morgan fingerprint density at radius 3 is 2.53 bits per heavy atom. The Morgan fingerprint density at radius 1 is 1.29 bits per heavy atom. The summed E-state index contributed by atoms with van der Waals surface area (Å²) in [4.78, 5) is 11.7. The molecule has 17 heavy (non-hydrogen) atoms. The number of carbonyl (C=O) groups excluding carboxylic acids is 1. The second kappa shape index (κ2) is 4.48. The first-order chi connectivity index (χ1) is 7.76. The molecule has 2 fully saturated rings. The van der Waals surface area contributed by atoms with Gasteiger partial charge >= 0.3 is 0 Å². The summed E-state index contributed by atoms with van der Waals surface area (Å²) in [6, 6.07) is 0. The van der Waals surface area contributed by atoms with Crippen LogP contribution in [0.1, 0.15) is 52.9 Å². The monoisotopic (exact) mass is 350 g/mol. The Balaban J connectivity index is 2.25. The predicted molar refractivity (Wildman–Crippen MR) is 77.3 cm³/mol. The average molecular weight is 350 g/mol. The molecule has 0 heterocycles. The predicted octanol–water partition coefficient (Wildman–Crippen LogP) is 3.35. The van der Waals surface area contributed by atoms with Crippen LogP contribution in [-0.4, -0.2) is 20.4 Å². The van der Waals surface area contributed by atoms with E-state index >= 15 is 0 Å². The maximum Gasteiger partial charge on any atom is 0.133 e. The van der Waals surface area contributed by atoms with Crippen LogP contribution in [0.4, 0.5) is 0 Å². The van der Waals surface area contributed by atoms with Crippen molar-refractivity contribution in [3.8, 4) is 0 Å². The molecule has 2 aliphatic rings. The Kier molecular flexibility index (Phi) is 3.63. The van der Waals surface area contributed by atoms with Crippen LogP contribution < -0.4 is 0 Å². The molecule has 2 aliphatic carbocycles. The van der Waals surface area contributed by atoms with Crippen LogP contribution in [-0.2, 0) is 4.79 Å². The van der Waals surface area contributed by atoms with Gasteiger partial charge in [-0.1, -0.05) is 29.5 Å². The Morgan fingerprint density at radius 2 is 1.94 bits per heavy atom. The summed E-state index contributed by atoms with van der Waals surface area (Å²) in [7, 11) is 0. The van der Waals surface area contributed by atoms with E-state index in [9.17, 15) is 9.90 Å². The lowest BCUT2D eigenvalue weighted by atomic mass is 9.73. The number of hydrogen-bond acceptors (Lipinski definition) is 2. The van der Waals surface area contributed by atoms with E-state index in [1.807, 2.05) is 6.92 Å². The fraction of sp³-hybridized carbons (Fsp3) is 0.929. The number of aliphatic hydroxyl groups is 1. The number of alkyl halides is 1. The number of hydrogen-bond donors (Lipinski definition) is 1. The van der Waals surface area contributed by atoms with Crippen molar-refractivity contribution in [3.63, 3.8) is 0 Å². The van der Waals surface area contributed by atoms with E-state index in [4.69, 9.17) is 0 Å². The van der Waals surface area contributed by atoms with Crippen molar-refractivity contribution in [2.24, 2.45) is 17.3 Å².